The monoisotopic (exact) mass is 480 g/mol. The minimum atomic E-state index is -1.05. The highest BCUT2D eigenvalue weighted by molar-refractivity contribution is 6.05. The van der Waals surface area contributed by atoms with E-state index in [-0.39, 0.29) is 37.9 Å². The Kier molecular flexibility index (Phi) is 7.49. The molecule has 0 saturated carbocycles. The number of aliphatic carboxylic acids is 1. The van der Waals surface area contributed by atoms with Crippen LogP contribution in [0.2, 0.25) is 0 Å². The fraction of sp³-hybridized carbons (Fsp3) is 0.360. The van der Waals surface area contributed by atoms with Gasteiger partial charge in [0.1, 0.15) is 24.6 Å². The fourth-order valence-electron chi connectivity index (χ4n) is 4.04. The number of benzene rings is 2. The van der Waals surface area contributed by atoms with Crippen LogP contribution >= 0.6 is 0 Å². The van der Waals surface area contributed by atoms with E-state index < -0.39 is 5.97 Å². The summed E-state index contributed by atoms with van der Waals surface area (Å²) in [5.41, 5.74) is 2.53. The van der Waals surface area contributed by atoms with Crippen LogP contribution in [0.5, 0.6) is 11.5 Å². The molecule has 2 N–H and O–H groups in total. The summed E-state index contributed by atoms with van der Waals surface area (Å²) >= 11 is 0. The van der Waals surface area contributed by atoms with Crippen LogP contribution < -0.4 is 14.8 Å². The summed E-state index contributed by atoms with van der Waals surface area (Å²) in [7, 11) is 1.57. The van der Waals surface area contributed by atoms with Crippen molar-refractivity contribution in [3.05, 3.63) is 53.6 Å². The van der Waals surface area contributed by atoms with Crippen LogP contribution in [-0.4, -0.2) is 65.5 Å². The SMILES string of the molecule is COc1ccc(CN(CC(=O)O)C(=O)CCCCOc2cccc3c2CN2CC(=O)NC2=N3)cc1. The Morgan fingerprint density at radius 1 is 1.14 bits per heavy atom. The minimum Gasteiger partial charge on any atom is -0.497 e. The second kappa shape index (κ2) is 10.9. The molecule has 0 aromatic heterocycles. The zero-order chi connectivity index (χ0) is 24.8. The summed E-state index contributed by atoms with van der Waals surface area (Å²) in [6.07, 6.45) is 1.44. The lowest BCUT2D eigenvalue weighted by Crippen LogP contribution is -2.35. The maximum absolute atomic E-state index is 12.7. The van der Waals surface area contributed by atoms with Gasteiger partial charge in [-0.2, -0.15) is 0 Å². The largest absolute Gasteiger partial charge is 0.497 e. The van der Waals surface area contributed by atoms with Crippen molar-refractivity contribution in [2.24, 2.45) is 4.99 Å². The molecule has 0 radical (unpaired) electrons. The molecule has 1 fully saturated rings. The number of rotatable bonds is 11. The first-order chi connectivity index (χ1) is 16.9. The summed E-state index contributed by atoms with van der Waals surface area (Å²) in [6.45, 7) is 1.09. The minimum absolute atomic E-state index is 0.0763. The predicted octanol–water partition coefficient (Wildman–Crippen LogP) is 2.29. The zero-order valence-electron chi connectivity index (χ0n) is 19.5. The van der Waals surface area contributed by atoms with E-state index in [0.717, 1.165) is 16.8 Å². The zero-order valence-corrected chi connectivity index (χ0v) is 19.5. The molecule has 2 aromatic carbocycles. The van der Waals surface area contributed by atoms with Crippen molar-refractivity contribution in [1.82, 2.24) is 15.1 Å². The van der Waals surface area contributed by atoms with Gasteiger partial charge in [-0.05, 0) is 42.7 Å². The van der Waals surface area contributed by atoms with Gasteiger partial charge in [-0.15, -0.1) is 0 Å². The normalized spacial score (nSPS) is 13.9. The van der Waals surface area contributed by atoms with E-state index in [9.17, 15) is 19.5 Å². The Morgan fingerprint density at radius 2 is 1.94 bits per heavy atom. The number of carboxylic acids is 1. The van der Waals surface area contributed by atoms with Gasteiger partial charge in [0, 0.05) is 18.5 Å². The van der Waals surface area contributed by atoms with Crippen molar-refractivity contribution in [3.63, 3.8) is 0 Å². The Bertz CT molecular complexity index is 1130. The molecule has 4 rings (SSSR count). The van der Waals surface area contributed by atoms with Gasteiger partial charge in [0.15, 0.2) is 0 Å². The number of nitrogens with zero attached hydrogens (tertiary/aromatic N) is 3. The number of hydrogen-bond acceptors (Lipinski definition) is 7. The van der Waals surface area contributed by atoms with Crippen LogP contribution in [0, 0.1) is 0 Å². The summed E-state index contributed by atoms with van der Waals surface area (Å²) in [5, 5.41) is 12.0. The summed E-state index contributed by atoms with van der Waals surface area (Å²) in [4.78, 5) is 43.3. The molecule has 184 valence electrons. The van der Waals surface area contributed by atoms with Crippen LogP contribution in [0.25, 0.3) is 0 Å². The molecular weight excluding hydrogens is 452 g/mol. The fourth-order valence-corrected chi connectivity index (χ4v) is 4.04. The average Bonchev–Trinajstić information content (AvgIpc) is 3.21. The lowest BCUT2D eigenvalue weighted by Gasteiger charge is -2.24. The molecule has 0 atom stereocenters. The van der Waals surface area contributed by atoms with E-state index in [2.05, 4.69) is 10.3 Å². The lowest BCUT2D eigenvalue weighted by molar-refractivity contribution is -0.145. The van der Waals surface area contributed by atoms with Gasteiger partial charge in [-0.3, -0.25) is 19.7 Å². The van der Waals surface area contributed by atoms with Crippen LogP contribution in [0.15, 0.2) is 47.5 Å². The first kappa shape index (κ1) is 24.1. The van der Waals surface area contributed by atoms with E-state index >= 15 is 0 Å². The van der Waals surface area contributed by atoms with Gasteiger partial charge >= 0.3 is 5.97 Å². The number of nitrogens with one attached hydrogen (secondary N) is 1. The van der Waals surface area contributed by atoms with E-state index in [0.29, 0.717) is 43.5 Å². The first-order valence-corrected chi connectivity index (χ1v) is 11.4. The number of ether oxygens (including phenoxy) is 2. The number of carbonyl (C=O) groups excluding carboxylic acids is 2. The van der Waals surface area contributed by atoms with Crippen LogP contribution in [0.4, 0.5) is 5.69 Å². The molecule has 0 unspecified atom stereocenters. The number of methoxy groups -OCH3 is 1. The maximum Gasteiger partial charge on any atom is 0.323 e. The summed E-state index contributed by atoms with van der Waals surface area (Å²) < 4.78 is 11.1. The first-order valence-electron chi connectivity index (χ1n) is 11.4. The van der Waals surface area contributed by atoms with E-state index in [1.165, 1.54) is 4.90 Å². The Labute approximate surface area is 203 Å². The highest BCUT2D eigenvalue weighted by atomic mass is 16.5. The molecule has 10 nitrogen and oxygen atoms in total. The third-order valence-electron chi connectivity index (χ3n) is 5.82. The average molecular weight is 481 g/mol. The van der Waals surface area contributed by atoms with Gasteiger partial charge in [-0.1, -0.05) is 18.2 Å². The number of hydrogen-bond donors (Lipinski definition) is 2. The second-order valence-corrected chi connectivity index (χ2v) is 8.39. The molecule has 2 amide bonds. The molecule has 2 aliphatic heterocycles. The molecule has 0 bridgehead atoms. The Balaban J connectivity index is 1.27. The lowest BCUT2D eigenvalue weighted by atomic mass is 10.1. The molecular formula is C25H28N4O6. The van der Waals surface area contributed by atoms with Gasteiger partial charge in [0.2, 0.25) is 17.8 Å². The highest BCUT2D eigenvalue weighted by Crippen LogP contribution is 2.34. The number of aliphatic imine (C=N–C) groups is 1. The summed E-state index contributed by atoms with van der Waals surface area (Å²) in [6, 6.07) is 12.8. The van der Waals surface area contributed by atoms with Crippen LogP contribution in [-0.2, 0) is 27.5 Å². The summed E-state index contributed by atoms with van der Waals surface area (Å²) in [5.74, 6) is 0.634. The molecule has 0 aliphatic carbocycles. The maximum atomic E-state index is 12.7. The predicted molar refractivity (Wildman–Crippen MR) is 127 cm³/mol. The molecule has 2 aliphatic rings. The second-order valence-electron chi connectivity index (χ2n) is 8.39. The standard InChI is InChI=1S/C25H28N4O6/c1-34-18-10-8-17(9-11-18)13-28(16-24(32)33)23(31)7-2-3-12-35-21-6-4-5-20-19(21)14-29-15-22(30)27-25(29)26-20/h4-6,8-11H,2-3,7,12-16H2,1H3,(H,32,33)(H,26,27,30). The van der Waals surface area contributed by atoms with E-state index in [1.54, 1.807) is 19.2 Å². The van der Waals surface area contributed by atoms with Crippen molar-refractivity contribution >= 4 is 29.4 Å². The van der Waals surface area contributed by atoms with E-state index in [4.69, 9.17) is 9.47 Å². The molecule has 0 spiro atoms. The van der Waals surface area contributed by atoms with Crippen molar-refractivity contribution in [2.75, 3.05) is 26.8 Å². The topological polar surface area (TPSA) is 121 Å². The Morgan fingerprint density at radius 3 is 2.69 bits per heavy atom. The molecule has 10 heteroatoms. The van der Waals surface area contributed by atoms with Gasteiger partial charge in [0.05, 0.1) is 25.9 Å². The number of guanidine groups is 1. The van der Waals surface area contributed by atoms with Crippen LogP contribution in [0.3, 0.4) is 0 Å². The molecule has 2 heterocycles. The van der Waals surface area contributed by atoms with Gasteiger partial charge < -0.3 is 24.4 Å². The van der Waals surface area contributed by atoms with Gasteiger partial charge in [-0.25, -0.2) is 4.99 Å². The molecule has 2 aromatic rings. The van der Waals surface area contributed by atoms with Crippen molar-refractivity contribution < 1.29 is 29.0 Å². The van der Waals surface area contributed by atoms with Crippen molar-refractivity contribution in [1.29, 1.82) is 0 Å². The highest BCUT2D eigenvalue weighted by Gasteiger charge is 2.30. The van der Waals surface area contributed by atoms with Gasteiger partial charge in [0.25, 0.3) is 0 Å². The Hall–Kier alpha value is -4.08. The van der Waals surface area contributed by atoms with E-state index in [1.807, 2.05) is 35.2 Å². The third-order valence-corrected chi connectivity index (χ3v) is 5.82. The van der Waals surface area contributed by atoms with Crippen molar-refractivity contribution in [3.8, 4) is 11.5 Å². The number of carboxylic acid groups (broad SMARTS) is 1. The number of fused-ring (bicyclic) bond motifs is 2. The number of unbranched alkanes of at least 4 members (excludes halogenated alkanes) is 1. The molecule has 1 saturated heterocycles. The van der Waals surface area contributed by atoms with Crippen molar-refractivity contribution in [2.45, 2.75) is 32.4 Å². The third kappa shape index (κ3) is 6.08. The quantitative estimate of drug-likeness (QED) is 0.474. The molecule has 35 heavy (non-hydrogen) atoms. The number of amides is 2. The van der Waals surface area contributed by atoms with Crippen LogP contribution in [0.1, 0.15) is 30.4 Å². The smallest absolute Gasteiger partial charge is 0.323 e. The number of carbonyl (C=O) groups is 3.